The molecule has 3 saturated heterocycles. The van der Waals surface area contributed by atoms with Gasteiger partial charge in [-0.05, 0) is 88.5 Å². The number of carboxylic acid groups (broad SMARTS) is 1. The summed E-state index contributed by atoms with van der Waals surface area (Å²) in [5.74, 6) is -8.77. The lowest BCUT2D eigenvalue weighted by molar-refractivity contribution is -0.149. The Morgan fingerprint density at radius 2 is 1.31 bits per heavy atom. The molecule has 0 aliphatic carbocycles. The van der Waals surface area contributed by atoms with Gasteiger partial charge < -0.3 is 102 Å². The lowest BCUT2D eigenvalue weighted by Crippen LogP contribution is -2.59. The van der Waals surface area contributed by atoms with E-state index in [2.05, 4.69) is 46.9 Å². The molecule has 23 N–H and O–H groups in total. The van der Waals surface area contributed by atoms with E-state index >= 15 is 0 Å². The van der Waals surface area contributed by atoms with Crippen LogP contribution in [0.3, 0.4) is 0 Å². The summed E-state index contributed by atoms with van der Waals surface area (Å²) in [6.45, 7) is -1.57. The quantitative estimate of drug-likeness (QED) is 0.0187. The number of hydrogen-bond donors (Lipinski definition) is 16. The number of nitrogens with two attached hydrogens (primary N) is 7. The molecule has 4 heterocycles. The molecule has 1 aromatic heterocycles. The largest absolute Gasteiger partial charge is 0.480 e. The number of hydrogen-bond acceptors (Lipinski definition) is 17. The third-order valence-corrected chi connectivity index (χ3v) is 14.4. The summed E-state index contributed by atoms with van der Waals surface area (Å²) in [6.07, 6.45) is 1.22. The molecule has 3 aliphatic heterocycles. The van der Waals surface area contributed by atoms with Crippen molar-refractivity contribution in [1.29, 1.82) is 0 Å². The van der Waals surface area contributed by atoms with Gasteiger partial charge >= 0.3 is 5.97 Å². The monoisotopic (exact) mass is 1160 g/mol. The molecular weight excluding hydrogens is 1080 g/mol. The molecule has 450 valence electrons. The van der Waals surface area contributed by atoms with E-state index in [1.54, 1.807) is 17.5 Å². The zero-order valence-corrected chi connectivity index (χ0v) is 45.9. The van der Waals surface area contributed by atoms with Crippen molar-refractivity contribution >= 4 is 88.3 Å². The number of carboxylic acids is 1. The Morgan fingerprint density at radius 3 is 1.91 bits per heavy atom. The number of carbonyl (C=O) groups excluding carboxylic acids is 9. The van der Waals surface area contributed by atoms with Crippen molar-refractivity contribution in [2.24, 2.45) is 55.1 Å². The highest BCUT2D eigenvalue weighted by atomic mass is 32.1. The molecule has 32 nitrogen and oxygen atoms in total. The summed E-state index contributed by atoms with van der Waals surface area (Å²) in [7, 11) is 0. The first-order chi connectivity index (χ1) is 38.5. The average molecular weight is 1160 g/mol. The number of carbonyl (C=O) groups is 10. The molecule has 1 unspecified atom stereocenters. The predicted octanol–water partition coefficient (Wildman–Crippen LogP) is -7.64. The van der Waals surface area contributed by atoms with Crippen molar-refractivity contribution in [3.63, 3.8) is 0 Å². The number of likely N-dealkylation sites (tertiary alicyclic amines) is 3. The molecule has 0 bridgehead atoms. The van der Waals surface area contributed by atoms with Gasteiger partial charge in [0.15, 0.2) is 17.9 Å². The van der Waals surface area contributed by atoms with Crippen LogP contribution in [-0.2, 0) is 54.4 Å². The summed E-state index contributed by atoms with van der Waals surface area (Å²) < 4.78 is 0. The number of aliphatic hydroxyl groups is 2. The first kappa shape index (κ1) is 65.6. The van der Waals surface area contributed by atoms with Gasteiger partial charge in [0.05, 0.1) is 31.8 Å². The number of guanidine groups is 3. The maximum atomic E-state index is 14.3. The van der Waals surface area contributed by atoms with Crippen LogP contribution in [-0.4, -0.2) is 220 Å². The van der Waals surface area contributed by atoms with Gasteiger partial charge in [0.25, 0.3) is 0 Å². The third-order valence-electron chi connectivity index (χ3n) is 13.5. The van der Waals surface area contributed by atoms with Gasteiger partial charge in [0.1, 0.15) is 42.3 Å². The fourth-order valence-electron chi connectivity index (χ4n) is 9.37. The van der Waals surface area contributed by atoms with Crippen LogP contribution in [0.1, 0.15) is 81.9 Å². The van der Waals surface area contributed by atoms with Crippen LogP contribution in [0.15, 0.2) is 32.5 Å². The molecule has 3 fully saturated rings. The smallest absolute Gasteiger partial charge is 0.326 e. The van der Waals surface area contributed by atoms with E-state index in [-0.39, 0.29) is 115 Å². The Bertz CT molecular complexity index is 2440. The van der Waals surface area contributed by atoms with E-state index in [1.807, 2.05) is 0 Å². The summed E-state index contributed by atoms with van der Waals surface area (Å²) in [4.78, 5) is 151. The van der Waals surface area contributed by atoms with Crippen LogP contribution in [0.5, 0.6) is 0 Å². The van der Waals surface area contributed by atoms with E-state index in [1.165, 1.54) is 21.1 Å². The molecule has 9 amide bonds. The first-order valence-electron chi connectivity index (χ1n) is 26.6. The van der Waals surface area contributed by atoms with Crippen LogP contribution in [0.2, 0.25) is 0 Å². The fraction of sp³-hybridized carbons (Fsp3) is 0.646. The second-order valence-electron chi connectivity index (χ2n) is 19.7. The Hall–Kier alpha value is -7.91. The molecule has 0 aromatic carbocycles. The van der Waals surface area contributed by atoms with Gasteiger partial charge in [-0.25, -0.2) is 4.79 Å². The minimum absolute atomic E-state index is 0.00333. The molecule has 0 saturated carbocycles. The third kappa shape index (κ3) is 21.3. The predicted molar refractivity (Wildman–Crippen MR) is 294 cm³/mol. The van der Waals surface area contributed by atoms with E-state index in [9.17, 15) is 63.3 Å². The van der Waals surface area contributed by atoms with Crippen molar-refractivity contribution in [2.75, 3.05) is 59.0 Å². The molecule has 4 rings (SSSR count). The lowest BCUT2D eigenvalue weighted by Gasteiger charge is -2.33. The summed E-state index contributed by atoms with van der Waals surface area (Å²) in [6, 6.07) is -6.90. The van der Waals surface area contributed by atoms with Gasteiger partial charge in [-0.1, -0.05) is 6.07 Å². The van der Waals surface area contributed by atoms with Gasteiger partial charge in [-0.3, -0.25) is 58.1 Å². The number of aliphatic imine (C=N–C) groups is 3. The number of amides is 9. The molecule has 9 atom stereocenters. The van der Waals surface area contributed by atoms with Gasteiger partial charge in [0, 0.05) is 50.6 Å². The summed E-state index contributed by atoms with van der Waals surface area (Å²) in [5, 5.41) is 47.7. The standard InChI is InChI=1S/C48H79N19O13S/c49-27(9-3-15-56-46(50)51)38(72)62-29(11-4-16-57-47(52)53)43(77)66-19-6-13-33(66)44(78)67-20-14-34(69)37(67)41(75)59-23-35(70)61-31(22-26-8-7-21-81-26)39(73)64-32(25-68)40(74)63-28-10-1-2-18-65(42(28)76)24-36(71)60-30(45(79)80)12-5-17-58-48(54)55/h7-8,21,27-34,37,68-69H,1-6,9-20,22-25,49H2,(H,59,75)(H,60,71)(H,61,70)(H,62,72)(H,63,74)(H,64,73)(H,79,80)(H4,50,51,56)(H4,52,53,57)(H4,54,55,58)/t27-,28+,29+,30?,31+,32+,33+,34-,37+/m1/s1. The number of thiophene rings is 1. The Kier molecular flexibility index (Phi) is 26.7. The van der Waals surface area contributed by atoms with Crippen molar-refractivity contribution in [3.05, 3.63) is 22.4 Å². The number of aliphatic carboxylic acids is 1. The molecule has 1 aromatic rings. The highest BCUT2D eigenvalue weighted by molar-refractivity contribution is 7.09. The van der Waals surface area contributed by atoms with Crippen molar-refractivity contribution < 1.29 is 63.3 Å². The minimum atomic E-state index is -1.64. The van der Waals surface area contributed by atoms with E-state index in [0.717, 1.165) is 4.90 Å². The van der Waals surface area contributed by atoms with Crippen LogP contribution in [0, 0.1) is 0 Å². The zero-order valence-electron chi connectivity index (χ0n) is 45.0. The molecule has 81 heavy (non-hydrogen) atoms. The van der Waals surface area contributed by atoms with Crippen LogP contribution in [0.25, 0.3) is 0 Å². The summed E-state index contributed by atoms with van der Waals surface area (Å²) >= 11 is 1.25. The molecular formula is C48H79N19O13S. The SMILES string of the molecule is NC(N)=NCCCC(NC(=O)CN1CCCC[C@H](NC(=O)[C@H](CO)NC(=O)[C@H](Cc2cccs2)NC(=O)CNC(=O)[C@@H]2[C@H](O)CCN2C(=O)[C@@H]2CCCN2C(=O)[C@H](CCCN=C(N)N)NC(=O)[C@H](N)CCCN=C(N)N)C1=O)C(=O)O. The molecule has 0 spiro atoms. The van der Waals surface area contributed by atoms with Crippen molar-refractivity contribution in [2.45, 2.75) is 138 Å². The maximum absolute atomic E-state index is 14.3. The highest BCUT2D eigenvalue weighted by Crippen LogP contribution is 2.27. The minimum Gasteiger partial charge on any atom is -0.480 e. The Morgan fingerprint density at radius 1 is 0.691 bits per heavy atom. The van der Waals surface area contributed by atoms with Gasteiger partial charge in [0.2, 0.25) is 53.2 Å². The average Bonchev–Trinajstić information content (AvgIpc) is 4.34. The van der Waals surface area contributed by atoms with E-state index < -0.39 is 133 Å². The number of nitrogens with zero attached hydrogens (tertiary/aromatic N) is 6. The number of aliphatic hydroxyl groups excluding tert-OH is 2. The first-order valence-corrected chi connectivity index (χ1v) is 27.5. The van der Waals surface area contributed by atoms with Gasteiger partial charge in [-0.15, -0.1) is 11.3 Å². The molecule has 33 heteroatoms. The van der Waals surface area contributed by atoms with Crippen molar-refractivity contribution in [1.82, 2.24) is 46.6 Å². The zero-order chi connectivity index (χ0) is 59.8. The van der Waals surface area contributed by atoms with Crippen LogP contribution >= 0.6 is 11.3 Å². The highest BCUT2D eigenvalue weighted by Gasteiger charge is 2.47. The number of rotatable bonds is 31. The van der Waals surface area contributed by atoms with Gasteiger partial charge in [-0.2, -0.15) is 0 Å². The second-order valence-corrected chi connectivity index (χ2v) is 20.7. The Balaban J connectivity index is 1.38. The van der Waals surface area contributed by atoms with E-state index in [0.29, 0.717) is 30.6 Å². The normalized spacial score (nSPS) is 19.7. The molecule has 0 radical (unpaired) electrons. The number of nitrogens with one attached hydrogen (secondary N) is 6. The fourth-order valence-corrected chi connectivity index (χ4v) is 10.1. The topological polar surface area (TPSA) is 533 Å². The lowest BCUT2D eigenvalue weighted by atomic mass is 10.1. The van der Waals surface area contributed by atoms with Crippen LogP contribution < -0.4 is 72.0 Å². The molecule has 3 aliphatic rings. The van der Waals surface area contributed by atoms with Crippen molar-refractivity contribution in [3.8, 4) is 0 Å². The van der Waals surface area contributed by atoms with Crippen LogP contribution in [0.4, 0.5) is 0 Å². The van der Waals surface area contributed by atoms with E-state index in [4.69, 9.17) is 40.1 Å². The summed E-state index contributed by atoms with van der Waals surface area (Å²) in [5.41, 5.74) is 38.4. The second kappa shape index (κ2) is 33.0. The maximum Gasteiger partial charge on any atom is 0.326 e. The Labute approximate surface area is 471 Å².